The van der Waals surface area contributed by atoms with Crippen LogP contribution in [0, 0.1) is 0 Å². The first-order valence-corrected chi connectivity index (χ1v) is 9.01. The number of fused-ring (bicyclic) bond motifs is 1. The van der Waals surface area contributed by atoms with Gasteiger partial charge in [-0.25, -0.2) is 5.26 Å². The molecule has 0 radical (unpaired) electrons. The summed E-state index contributed by atoms with van der Waals surface area (Å²) in [6.45, 7) is 5.88. The third-order valence-electron chi connectivity index (χ3n) is 4.70. The lowest BCUT2D eigenvalue weighted by Gasteiger charge is -2.10. The van der Waals surface area contributed by atoms with Crippen LogP contribution in [0.15, 0.2) is 66.4 Å². The number of benzene rings is 2. The fourth-order valence-corrected chi connectivity index (χ4v) is 3.30. The first-order valence-electron chi connectivity index (χ1n) is 9.01. The van der Waals surface area contributed by atoms with Gasteiger partial charge in [0, 0.05) is 6.42 Å². The third-order valence-corrected chi connectivity index (χ3v) is 4.70. The van der Waals surface area contributed by atoms with Crippen LogP contribution in [0.5, 0.6) is 5.75 Å². The smallest absolute Gasteiger partial charge is 0.221 e. The van der Waals surface area contributed by atoms with E-state index in [-0.39, 0.29) is 18.1 Å². The van der Waals surface area contributed by atoms with Gasteiger partial charge in [0.25, 0.3) is 0 Å². The van der Waals surface area contributed by atoms with Crippen LogP contribution in [0.25, 0.3) is 17.2 Å². The molecule has 1 amide bonds. The van der Waals surface area contributed by atoms with Gasteiger partial charge in [0.15, 0.2) is 0 Å². The molecule has 1 aliphatic carbocycles. The van der Waals surface area contributed by atoms with Crippen LogP contribution < -0.4 is 10.5 Å². The van der Waals surface area contributed by atoms with E-state index in [1.165, 1.54) is 0 Å². The molecule has 0 saturated heterocycles. The second-order valence-corrected chi connectivity index (χ2v) is 6.65. The van der Waals surface area contributed by atoms with Crippen LogP contribution in [-0.4, -0.2) is 17.8 Å². The molecular formula is C23H23NO4. The van der Waals surface area contributed by atoms with Crippen molar-refractivity contribution in [3.8, 4) is 5.75 Å². The summed E-state index contributed by atoms with van der Waals surface area (Å²) in [7, 11) is 0. The predicted octanol–water partition coefficient (Wildman–Crippen LogP) is 4.66. The van der Waals surface area contributed by atoms with E-state index in [2.05, 4.69) is 17.5 Å². The lowest BCUT2D eigenvalue weighted by atomic mass is 10.0. The Bertz CT molecular complexity index is 958. The average Bonchev–Trinajstić information content (AvgIpc) is 2.93. The van der Waals surface area contributed by atoms with Crippen molar-refractivity contribution >= 4 is 23.1 Å². The number of carbonyl (C=O) groups excluding carboxylic acids is 1. The Balaban J connectivity index is 1.95. The van der Waals surface area contributed by atoms with Gasteiger partial charge in [-0.1, -0.05) is 43.0 Å². The molecule has 2 aromatic rings. The quantitative estimate of drug-likeness (QED) is 0.398. The molecule has 0 saturated carbocycles. The van der Waals surface area contributed by atoms with Gasteiger partial charge in [0.05, 0.1) is 13.0 Å². The maximum absolute atomic E-state index is 11.6. The molecule has 28 heavy (non-hydrogen) atoms. The fourth-order valence-electron chi connectivity index (χ4n) is 3.30. The monoisotopic (exact) mass is 377 g/mol. The highest BCUT2D eigenvalue weighted by Crippen LogP contribution is 2.44. The molecule has 144 valence electrons. The second-order valence-electron chi connectivity index (χ2n) is 6.65. The van der Waals surface area contributed by atoms with Gasteiger partial charge in [-0.2, -0.15) is 0 Å². The van der Waals surface area contributed by atoms with Crippen molar-refractivity contribution in [2.24, 2.45) is 5.73 Å². The molecule has 1 aliphatic rings. The van der Waals surface area contributed by atoms with Gasteiger partial charge >= 0.3 is 0 Å². The molecule has 2 aromatic carbocycles. The number of primary amides is 1. The highest BCUT2D eigenvalue weighted by Gasteiger charge is 2.25. The Labute approximate surface area is 164 Å². The first kappa shape index (κ1) is 19.5. The number of nitrogens with two attached hydrogens (primary N) is 1. The van der Waals surface area contributed by atoms with Crippen molar-refractivity contribution in [1.29, 1.82) is 0 Å². The summed E-state index contributed by atoms with van der Waals surface area (Å²) in [6.07, 6.45) is 2.66. The van der Waals surface area contributed by atoms with Gasteiger partial charge in [-0.05, 0) is 58.5 Å². The molecule has 3 rings (SSSR count). The van der Waals surface area contributed by atoms with E-state index in [0.717, 1.165) is 33.4 Å². The normalized spacial score (nSPS) is 14.1. The van der Waals surface area contributed by atoms with Crippen LogP contribution in [0.2, 0.25) is 0 Å². The summed E-state index contributed by atoms with van der Waals surface area (Å²) in [4.78, 5) is 15.7. The zero-order chi connectivity index (χ0) is 20.1. The van der Waals surface area contributed by atoms with Crippen LogP contribution in [0.4, 0.5) is 0 Å². The Morgan fingerprint density at radius 1 is 1.18 bits per heavy atom. The summed E-state index contributed by atoms with van der Waals surface area (Å²) in [6, 6.07) is 15.9. The standard InChI is InChI=1S/C23H23NO4/c1-15(28-26)10-11-27-18-8-9-19-20(12-17-6-4-3-5-7-17)16(2)21(14-23(24)25)22(19)13-18/h3-9,12-13,26H,1,10-11,14H2,2H3,(H2,24,25). The Kier molecular flexibility index (Phi) is 5.96. The van der Waals surface area contributed by atoms with Gasteiger partial charge in [0.2, 0.25) is 5.91 Å². The fraction of sp³-hybridized carbons (Fsp3) is 0.174. The highest BCUT2D eigenvalue weighted by atomic mass is 17.1. The number of hydrogen-bond donors (Lipinski definition) is 2. The van der Waals surface area contributed by atoms with E-state index in [1.807, 2.05) is 55.5 Å². The average molecular weight is 377 g/mol. The predicted molar refractivity (Wildman–Crippen MR) is 110 cm³/mol. The van der Waals surface area contributed by atoms with E-state index in [9.17, 15) is 4.79 Å². The summed E-state index contributed by atoms with van der Waals surface area (Å²) in [5.41, 5.74) is 11.6. The Morgan fingerprint density at radius 3 is 2.61 bits per heavy atom. The number of ether oxygens (including phenoxy) is 1. The Hall–Kier alpha value is -3.31. The van der Waals surface area contributed by atoms with Crippen LogP contribution >= 0.6 is 0 Å². The van der Waals surface area contributed by atoms with E-state index in [4.69, 9.17) is 15.7 Å². The lowest BCUT2D eigenvalue weighted by molar-refractivity contribution is -0.205. The minimum atomic E-state index is -0.371. The molecule has 0 bridgehead atoms. The molecule has 0 heterocycles. The van der Waals surface area contributed by atoms with Crippen LogP contribution in [0.3, 0.4) is 0 Å². The molecule has 0 atom stereocenters. The van der Waals surface area contributed by atoms with Crippen molar-refractivity contribution in [3.05, 3.63) is 83.1 Å². The molecular weight excluding hydrogens is 354 g/mol. The Morgan fingerprint density at radius 2 is 1.93 bits per heavy atom. The second kappa shape index (κ2) is 8.59. The van der Waals surface area contributed by atoms with Crippen molar-refractivity contribution in [1.82, 2.24) is 0 Å². The third kappa shape index (κ3) is 4.32. The topological polar surface area (TPSA) is 81.8 Å². The zero-order valence-electron chi connectivity index (χ0n) is 15.8. The van der Waals surface area contributed by atoms with Gasteiger partial charge in [-0.3, -0.25) is 4.79 Å². The van der Waals surface area contributed by atoms with Crippen molar-refractivity contribution in [2.45, 2.75) is 19.8 Å². The zero-order valence-corrected chi connectivity index (χ0v) is 15.8. The number of amides is 1. The summed E-state index contributed by atoms with van der Waals surface area (Å²) in [5.74, 6) is 0.531. The lowest BCUT2D eigenvalue weighted by Crippen LogP contribution is -2.10. The number of allylic oxidation sites excluding steroid dienone is 2. The summed E-state index contributed by atoms with van der Waals surface area (Å²) < 4.78 is 5.74. The molecule has 0 spiro atoms. The SMILES string of the molecule is C=C(CCOc1ccc2c(c1)C(CC(N)=O)=C(C)C2=Cc1ccccc1)OO. The van der Waals surface area contributed by atoms with Crippen molar-refractivity contribution in [2.75, 3.05) is 6.61 Å². The molecule has 5 heteroatoms. The minimum Gasteiger partial charge on any atom is -0.493 e. The minimum absolute atomic E-state index is 0.170. The number of carbonyl (C=O) groups is 1. The van der Waals surface area contributed by atoms with E-state index in [0.29, 0.717) is 18.8 Å². The molecule has 5 nitrogen and oxygen atoms in total. The molecule has 3 N–H and O–H groups in total. The van der Waals surface area contributed by atoms with Gasteiger partial charge in [0.1, 0.15) is 11.5 Å². The highest BCUT2D eigenvalue weighted by molar-refractivity contribution is 6.08. The molecule has 0 aliphatic heterocycles. The van der Waals surface area contributed by atoms with E-state index in [1.54, 1.807) is 0 Å². The molecule has 0 unspecified atom stereocenters. The van der Waals surface area contributed by atoms with Gasteiger partial charge in [-0.15, -0.1) is 0 Å². The maximum atomic E-state index is 11.6. The maximum Gasteiger partial charge on any atom is 0.221 e. The summed E-state index contributed by atoms with van der Waals surface area (Å²) >= 11 is 0. The number of rotatable bonds is 8. The van der Waals surface area contributed by atoms with E-state index < -0.39 is 0 Å². The number of hydrogen-bond acceptors (Lipinski definition) is 4. The van der Waals surface area contributed by atoms with E-state index >= 15 is 0 Å². The van der Waals surface area contributed by atoms with Crippen molar-refractivity contribution in [3.63, 3.8) is 0 Å². The van der Waals surface area contributed by atoms with Crippen LogP contribution in [0.1, 0.15) is 36.5 Å². The van der Waals surface area contributed by atoms with Gasteiger partial charge < -0.3 is 15.4 Å². The molecule has 0 aromatic heterocycles. The van der Waals surface area contributed by atoms with Crippen LogP contribution in [-0.2, 0) is 9.68 Å². The molecule has 0 fully saturated rings. The van der Waals surface area contributed by atoms with Crippen molar-refractivity contribution < 1.29 is 19.7 Å². The summed E-state index contributed by atoms with van der Waals surface area (Å²) in [5, 5.41) is 8.55. The largest absolute Gasteiger partial charge is 0.493 e. The first-order chi connectivity index (χ1) is 13.5.